The van der Waals surface area contributed by atoms with Gasteiger partial charge < -0.3 is 15.0 Å². The molecule has 0 unspecified atom stereocenters. The Hall–Kier alpha value is -2.04. The molecule has 6 rings (SSSR count). The summed E-state index contributed by atoms with van der Waals surface area (Å²) in [6.45, 7) is 1.36. The molecule has 1 N–H and O–H groups in total. The number of para-hydroxylation sites is 1. The van der Waals surface area contributed by atoms with Gasteiger partial charge in [0.05, 0.1) is 12.7 Å². The number of carbonyl (C=O) groups excluding carboxylic acids is 2. The molecule has 4 bridgehead atoms. The summed E-state index contributed by atoms with van der Waals surface area (Å²) in [6, 6.07) is 7.58. The molecule has 0 radical (unpaired) electrons. The Morgan fingerprint density at radius 2 is 1.63 bits per heavy atom. The van der Waals surface area contributed by atoms with Crippen LogP contribution in [0.2, 0.25) is 0 Å². The molecule has 0 aromatic heterocycles. The third-order valence-electron chi connectivity index (χ3n) is 8.19. The first-order chi connectivity index (χ1) is 14.5. The second kappa shape index (κ2) is 7.90. The number of methoxy groups -OCH3 is 1. The monoisotopic (exact) mass is 410 g/mol. The molecule has 2 amide bonds. The number of hydrogen-bond donors (Lipinski definition) is 1. The van der Waals surface area contributed by atoms with Gasteiger partial charge in [0.15, 0.2) is 0 Å². The van der Waals surface area contributed by atoms with Gasteiger partial charge in [-0.3, -0.25) is 9.59 Å². The third kappa shape index (κ3) is 3.83. The molecule has 1 aromatic rings. The van der Waals surface area contributed by atoms with Crippen LogP contribution in [-0.2, 0) is 4.79 Å². The highest BCUT2D eigenvalue weighted by Gasteiger charge is 2.51. The fourth-order valence-electron chi connectivity index (χ4n) is 7.34. The van der Waals surface area contributed by atoms with E-state index in [1.165, 1.54) is 38.5 Å². The van der Waals surface area contributed by atoms with Crippen molar-refractivity contribution in [1.29, 1.82) is 0 Å². The number of amides is 2. The smallest absolute Gasteiger partial charge is 0.257 e. The number of carbonyl (C=O) groups is 2. The van der Waals surface area contributed by atoms with Gasteiger partial charge in [-0.2, -0.15) is 0 Å². The summed E-state index contributed by atoms with van der Waals surface area (Å²) in [5, 5.41) is 3.31. The van der Waals surface area contributed by atoms with Crippen LogP contribution < -0.4 is 10.1 Å². The Kier molecular flexibility index (Phi) is 5.24. The van der Waals surface area contributed by atoms with Gasteiger partial charge in [0.25, 0.3) is 5.91 Å². The normalized spacial score (nSPS) is 32.8. The summed E-state index contributed by atoms with van der Waals surface area (Å²) in [7, 11) is 1.59. The topological polar surface area (TPSA) is 58.6 Å². The fourth-order valence-corrected chi connectivity index (χ4v) is 7.34. The van der Waals surface area contributed by atoms with E-state index in [1.807, 2.05) is 29.2 Å². The molecule has 1 heterocycles. The molecule has 5 aliphatic rings. The van der Waals surface area contributed by atoms with Crippen molar-refractivity contribution in [1.82, 2.24) is 10.2 Å². The van der Waals surface area contributed by atoms with Crippen LogP contribution in [0.3, 0.4) is 0 Å². The van der Waals surface area contributed by atoms with E-state index >= 15 is 0 Å². The lowest BCUT2D eigenvalue weighted by Gasteiger charge is -2.56. The third-order valence-corrected chi connectivity index (χ3v) is 8.19. The Balaban J connectivity index is 1.13. The van der Waals surface area contributed by atoms with E-state index in [-0.39, 0.29) is 17.9 Å². The van der Waals surface area contributed by atoms with Gasteiger partial charge in [-0.1, -0.05) is 12.1 Å². The Morgan fingerprint density at radius 1 is 1.03 bits per heavy atom. The van der Waals surface area contributed by atoms with Gasteiger partial charge in [-0.25, -0.2) is 0 Å². The van der Waals surface area contributed by atoms with Crippen LogP contribution in [-0.4, -0.2) is 43.0 Å². The molecule has 0 spiro atoms. The molecule has 5 fully saturated rings. The minimum Gasteiger partial charge on any atom is -0.496 e. The molecule has 162 valence electrons. The van der Waals surface area contributed by atoms with Crippen molar-refractivity contribution < 1.29 is 14.3 Å². The minimum atomic E-state index is 0.0193. The van der Waals surface area contributed by atoms with Gasteiger partial charge >= 0.3 is 0 Å². The number of ether oxygens (including phenoxy) is 1. The first kappa shape index (κ1) is 19.9. The first-order valence-corrected chi connectivity index (χ1v) is 11.8. The summed E-state index contributed by atoms with van der Waals surface area (Å²) in [6.07, 6.45) is 10.4. The number of likely N-dealkylation sites (tertiary alicyclic amines) is 1. The van der Waals surface area contributed by atoms with Crippen LogP contribution in [0.25, 0.3) is 0 Å². The number of nitrogens with zero attached hydrogens (tertiary/aromatic N) is 1. The van der Waals surface area contributed by atoms with E-state index in [0.29, 0.717) is 29.8 Å². The minimum absolute atomic E-state index is 0.0193. The fraction of sp³-hybridized carbons (Fsp3) is 0.680. The number of hydrogen-bond acceptors (Lipinski definition) is 3. The van der Waals surface area contributed by atoms with E-state index in [2.05, 4.69) is 5.32 Å². The molecule has 30 heavy (non-hydrogen) atoms. The highest BCUT2D eigenvalue weighted by Crippen LogP contribution is 2.61. The quantitative estimate of drug-likeness (QED) is 0.798. The van der Waals surface area contributed by atoms with Crippen LogP contribution in [0.15, 0.2) is 24.3 Å². The highest BCUT2D eigenvalue weighted by molar-refractivity contribution is 5.97. The second-order valence-corrected chi connectivity index (χ2v) is 10.4. The van der Waals surface area contributed by atoms with Gasteiger partial charge in [0, 0.05) is 25.6 Å². The Bertz CT molecular complexity index is 777. The van der Waals surface area contributed by atoms with E-state index < -0.39 is 0 Å². The Morgan fingerprint density at radius 3 is 2.23 bits per heavy atom. The van der Waals surface area contributed by atoms with Crippen molar-refractivity contribution in [3.8, 4) is 5.75 Å². The lowest BCUT2D eigenvalue weighted by atomic mass is 9.49. The predicted octanol–water partition coefficient (Wildman–Crippen LogP) is 4.02. The average molecular weight is 411 g/mol. The van der Waals surface area contributed by atoms with Gasteiger partial charge in [-0.15, -0.1) is 0 Å². The SMILES string of the molecule is COc1ccccc1C(=O)N1CCC(NC(=O)CC23CC4CC(CC(C4)C2)C3)CC1. The summed E-state index contributed by atoms with van der Waals surface area (Å²) < 4.78 is 5.34. The molecule has 1 aliphatic heterocycles. The van der Waals surface area contributed by atoms with E-state index in [1.54, 1.807) is 7.11 Å². The van der Waals surface area contributed by atoms with Crippen molar-refractivity contribution >= 4 is 11.8 Å². The van der Waals surface area contributed by atoms with Crippen LogP contribution in [0.4, 0.5) is 0 Å². The van der Waals surface area contributed by atoms with Crippen LogP contribution in [0, 0.1) is 23.2 Å². The molecule has 0 atom stereocenters. The number of piperidine rings is 1. The maximum atomic E-state index is 12.9. The second-order valence-electron chi connectivity index (χ2n) is 10.4. The van der Waals surface area contributed by atoms with E-state index in [9.17, 15) is 9.59 Å². The highest BCUT2D eigenvalue weighted by atomic mass is 16.5. The molecule has 1 saturated heterocycles. The van der Waals surface area contributed by atoms with Crippen molar-refractivity contribution in [2.75, 3.05) is 20.2 Å². The molecule has 5 nitrogen and oxygen atoms in total. The average Bonchev–Trinajstić information content (AvgIpc) is 2.72. The summed E-state index contributed by atoms with van der Waals surface area (Å²) >= 11 is 0. The molecular formula is C25H34N2O3. The van der Waals surface area contributed by atoms with Crippen LogP contribution in [0.1, 0.15) is 68.1 Å². The molecule has 4 saturated carbocycles. The first-order valence-electron chi connectivity index (χ1n) is 11.8. The van der Waals surface area contributed by atoms with E-state index in [0.717, 1.165) is 37.0 Å². The predicted molar refractivity (Wildman–Crippen MR) is 115 cm³/mol. The Labute approximate surface area is 179 Å². The standard InChI is InChI=1S/C25H34N2O3/c1-30-22-5-3-2-4-21(22)24(29)27-8-6-20(7-9-27)26-23(28)16-25-13-17-10-18(14-25)12-19(11-17)15-25/h2-5,17-20H,6-16H2,1H3,(H,26,28). The van der Waals surface area contributed by atoms with Gasteiger partial charge in [0.1, 0.15) is 5.75 Å². The maximum Gasteiger partial charge on any atom is 0.257 e. The number of benzene rings is 1. The van der Waals surface area contributed by atoms with Crippen molar-refractivity contribution in [3.05, 3.63) is 29.8 Å². The lowest BCUT2D eigenvalue weighted by molar-refractivity contribution is -0.130. The van der Waals surface area contributed by atoms with Gasteiger partial charge in [0.2, 0.25) is 5.91 Å². The molecular weight excluding hydrogens is 376 g/mol. The zero-order valence-electron chi connectivity index (χ0n) is 18.1. The largest absolute Gasteiger partial charge is 0.496 e. The number of rotatable bonds is 5. The summed E-state index contributed by atoms with van der Waals surface area (Å²) in [4.78, 5) is 27.7. The van der Waals surface area contributed by atoms with E-state index in [4.69, 9.17) is 4.74 Å². The van der Waals surface area contributed by atoms with Crippen molar-refractivity contribution in [2.45, 2.75) is 63.8 Å². The molecule has 5 heteroatoms. The maximum absolute atomic E-state index is 12.9. The van der Waals surface area contributed by atoms with Crippen LogP contribution in [0.5, 0.6) is 5.75 Å². The van der Waals surface area contributed by atoms with Crippen LogP contribution >= 0.6 is 0 Å². The summed E-state index contributed by atoms with van der Waals surface area (Å²) in [5.74, 6) is 3.53. The lowest BCUT2D eigenvalue weighted by Crippen LogP contribution is -2.50. The molecule has 4 aliphatic carbocycles. The summed E-state index contributed by atoms with van der Waals surface area (Å²) in [5.41, 5.74) is 0.906. The number of nitrogens with one attached hydrogen (secondary N) is 1. The molecule has 1 aromatic carbocycles. The van der Waals surface area contributed by atoms with Crippen molar-refractivity contribution in [3.63, 3.8) is 0 Å². The zero-order valence-corrected chi connectivity index (χ0v) is 18.1. The zero-order chi connectivity index (χ0) is 20.7. The van der Waals surface area contributed by atoms with Gasteiger partial charge in [-0.05, 0) is 86.7 Å². The van der Waals surface area contributed by atoms with Crippen molar-refractivity contribution in [2.24, 2.45) is 23.2 Å².